The zero-order chi connectivity index (χ0) is 19.2. The van der Waals surface area contributed by atoms with Gasteiger partial charge in [0.15, 0.2) is 0 Å². The molecular formula is C22H35ClN2O3. The van der Waals surface area contributed by atoms with Gasteiger partial charge in [-0.15, -0.1) is 12.4 Å². The number of rotatable bonds is 7. The van der Waals surface area contributed by atoms with E-state index >= 15 is 0 Å². The molecule has 1 aromatic rings. The van der Waals surface area contributed by atoms with Crippen molar-refractivity contribution >= 4 is 18.3 Å². The molecule has 0 spiro atoms. The second-order valence-corrected chi connectivity index (χ2v) is 8.22. The third-order valence-corrected chi connectivity index (χ3v) is 6.56. The predicted octanol–water partition coefficient (Wildman–Crippen LogP) is 3.45. The number of hydrogen-bond acceptors (Lipinski definition) is 4. The van der Waals surface area contributed by atoms with E-state index in [9.17, 15) is 4.79 Å². The van der Waals surface area contributed by atoms with Crippen molar-refractivity contribution in [2.75, 3.05) is 40.5 Å². The normalized spacial score (nSPS) is 20.6. The summed E-state index contributed by atoms with van der Waals surface area (Å²) in [6, 6.07) is 8.41. The second-order valence-electron chi connectivity index (χ2n) is 8.22. The van der Waals surface area contributed by atoms with Gasteiger partial charge in [-0.25, -0.2) is 0 Å². The molecule has 158 valence electrons. The van der Waals surface area contributed by atoms with Gasteiger partial charge in [-0.1, -0.05) is 31.4 Å². The van der Waals surface area contributed by atoms with Crippen LogP contribution < -0.4 is 15.4 Å². The minimum Gasteiger partial charge on any atom is -0.497 e. The summed E-state index contributed by atoms with van der Waals surface area (Å²) >= 11 is 0. The number of ether oxygens (including phenoxy) is 2. The van der Waals surface area contributed by atoms with Crippen LogP contribution in [0, 0.1) is 5.41 Å². The molecule has 6 heteroatoms. The number of hydrogen-bond donors (Lipinski definition) is 2. The standard InChI is InChI=1S/C22H34N2O3.ClH/c1-26-17-22(12-14-23-15-13-22)20(25)24-16-21(10-4-3-5-11-21)18-6-8-19(27-2)9-7-18;/h6-9,23H,3-5,10-17H2,1-2H3,(H,24,25);1H. The molecule has 0 bridgehead atoms. The fourth-order valence-corrected chi connectivity index (χ4v) is 4.80. The Morgan fingerprint density at radius 1 is 1.04 bits per heavy atom. The summed E-state index contributed by atoms with van der Waals surface area (Å²) in [4.78, 5) is 13.2. The molecule has 1 aliphatic carbocycles. The molecule has 0 aromatic heterocycles. The Morgan fingerprint density at radius 3 is 2.25 bits per heavy atom. The van der Waals surface area contributed by atoms with Crippen molar-refractivity contribution in [3.05, 3.63) is 29.8 Å². The van der Waals surface area contributed by atoms with E-state index in [2.05, 4.69) is 22.8 Å². The lowest BCUT2D eigenvalue weighted by atomic mass is 9.69. The molecule has 28 heavy (non-hydrogen) atoms. The number of benzene rings is 1. The van der Waals surface area contributed by atoms with Crippen LogP contribution in [0.2, 0.25) is 0 Å². The number of halogens is 1. The number of amides is 1. The highest BCUT2D eigenvalue weighted by atomic mass is 35.5. The van der Waals surface area contributed by atoms with Crippen molar-refractivity contribution < 1.29 is 14.3 Å². The molecule has 1 heterocycles. The van der Waals surface area contributed by atoms with Crippen LogP contribution in [0.15, 0.2) is 24.3 Å². The number of carbonyl (C=O) groups is 1. The average Bonchev–Trinajstić information content (AvgIpc) is 2.73. The number of piperidine rings is 1. The van der Waals surface area contributed by atoms with Crippen molar-refractivity contribution in [2.45, 2.75) is 50.4 Å². The Labute approximate surface area is 175 Å². The molecule has 2 fully saturated rings. The Balaban J connectivity index is 0.00000280. The molecular weight excluding hydrogens is 376 g/mol. The first-order valence-corrected chi connectivity index (χ1v) is 10.3. The fraction of sp³-hybridized carbons (Fsp3) is 0.682. The summed E-state index contributed by atoms with van der Waals surface area (Å²) in [6.45, 7) is 2.95. The smallest absolute Gasteiger partial charge is 0.228 e. The van der Waals surface area contributed by atoms with Gasteiger partial charge >= 0.3 is 0 Å². The molecule has 0 atom stereocenters. The molecule has 2 aliphatic rings. The third-order valence-electron chi connectivity index (χ3n) is 6.56. The van der Waals surface area contributed by atoms with Gasteiger partial charge in [0.2, 0.25) is 5.91 Å². The van der Waals surface area contributed by atoms with Crippen molar-refractivity contribution in [2.24, 2.45) is 5.41 Å². The lowest BCUT2D eigenvalue weighted by molar-refractivity contribution is -0.136. The van der Waals surface area contributed by atoms with E-state index in [1.807, 2.05) is 12.1 Å². The first kappa shape index (κ1) is 23.0. The monoisotopic (exact) mass is 410 g/mol. The molecule has 0 unspecified atom stereocenters. The van der Waals surface area contributed by atoms with Gasteiger partial charge < -0.3 is 20.1 Å². The van der Waals surface area contributed by atoms with Gasteiger partial charge in [0.05, 0.1) is 19.1 Å². The van der Waals surface area contributed by atoms with Crippen molar-refractivity contribution in [3.8, 4) is 5.75 Å². The zero-order valence-electron chi connectivity index (χ0n) is 17.2. The SMILES string of the molecule is COCC1(C(=O)NCC2(c3ccc(OC)cc3)CCCCC2)CCNCC1.Cl. The van der Waals surface area contributed by atoms with E-state index in [0.29, 0.717) is 13.2 Å². The number of carbonyl (C=O) groups excluding carboxylic acids is 1. The summed E-state index contributed by atoms with van der Waals surface area (Å²) in [7, 11) is 3.39. The van der Waals surface area contributed by atoms with E-state index in [1.54, 1.807) is 14.2 Å². The van der Waals surface area contributed by atoms with E-state index in [1.165, 1.54) is 24.8 Å². The largest absolute Gasteiger partial charge is 0.497 e. The first-order valence-electron chi connectivity index (χ1n) is 10.3. The molecule has 1 aliphatic heterocycles. The van der Waals surface area contributed by atoms with Crippen LogP contribution in [0.5, 0.6) is 5.75 Å². The van der Waals surface area contributed by atoms with Gasteiger partial charge in [-0.2, -0.15) is 0 Å². The number of nitrogens with one attached hydrogen (secondary N) is 2. The highest BCUT2D eigenvalue weighted by Crippen LogP contribution is 2.40. The topological polar surface area (TPSA) is 59.6 Å². The summed E-state index contributed by atoms with van der Waals surface area (Å²) < 4.78 is 10.7. The summed E-state index contributed by atoms with van der Waals surface area (Å²) in [5.74, 6) is 1.03. The van der Waals surface area contributed by atoms with Crippen LogP contribution in [-0.4, -0.2) is 46.4 Å². The minimum absolute atomic E-state index is 0. The van der Waals surface area contributed by atoms with E-state index in [-0.39, 0.29) is 23.7 Å². The lowest BCUT2D eigenvalue weighted by Gasteiger charge is -2.40. The second kappa shape index (κ2) is 10.5. The third kappa shape index (κ3) is 5.00. The Hall–Kier alpha value is -1.30. The van der Waals surface area contributed by atoms with E-state index in [0.717, 1.165) is 44.5 Å². The van der Waals surface area contributed by atoms with Gasteiger partial charge in [0.25, 0.3) is 0 Å². The minimum atomic E-state index is -0.393. The van der Waals surface area contributed by atoms with E-state index in [4.69, 9.17) is 9.47 Å². The fourth-order valence-electron chi connectivity index (χ4n) is 4.80. The summed E-state index contributed by atoms with van der Waals surface area (Å²) in [5.41, 5.74) is 0.950. The van der Waals surface area contributed by atoms with Crippen LogP contribution >= 0.6 is 12.4 Å². The molecule has 1 saturated heterocycles. The van der Waals surface area contributed by atoms with Crippen LogP contribution in [0.3, 0.4) is 0 Å². The maximum Gasteiger partial charge on any atom is 0.228 e. The highest BCUT2D eigenvalue weighted by Gasteiger charge is 2.41. The van der Waals surface area contributed by atoms with Gasteiger partial charge in [-0.3, -0.25) is 4.79 Å². The molecule has 1 amide bonds. The van der Waals surface area contributed by atoms with Crippen LogP contribution in [0.1, 0.15) is 50.5 Å². The Kier molecular flexibility index (Phi) is 8.59. The zero-order valence-corrected chi connectivity index (χ0v) is 18.0. The predicted molar refractivity (Wildman–Crippen MR) is 114 cm³/mol. The Morgan fingerprint density at radius 2 is 1.68 bits per heavy atom. The van der Waals surface area contributed by atoms with Crippen molar-refractivity contribution in [1.82, 2.24) is 10.6 Å². The van der Waals surface area contributed by atoms with Crippen molar-refractivity contribution in [3.63, 3.8) is 0 Å². The number of methoxy groups -OCH3 is 2. The van der Waals surface area contributed by atoms with Crippen LogP contribution in [0.4, 0.5) is 0 Å². The van der Waals surface area contributed by atoms with Crippen molar-refractivity contribution in [1.29, 1.82) is 0 Å². The molecule has 2 N–H and O–H groups in total. The molecule has 1 saturated carbocycles. The summed E-state index contributed by atoms with van der Waals surface area (Å²) in [6.07, 6.45) is 7.64. The average molecular weight is 411 g/mol. The van der Waals surface area contributed by atoms with Gasteiger partial charge in [0, 0.05) is 19.1 Å². The maximum absolute atomic E-state index is 13.2. The van der Waals surface area contributed by atoms with E-state index < -0.39 is 5.41 Å². The highest BCUT2D eigenvalue weighted by molar-refractivity contribution is 5.85. The molecule has 3 rings (SSSR count). The summed E-state index contributed by atoms with van der Waals surface area (Å²) in [5, 5.41) is 6.69. The maximum atomic E-state index is 13.2. The lowest BCUT2D eigenvalue weighted by Crippen LogP contribution is -2.53. The van der Waals surface area contributed by atoms with Crippen LogP contribution in [0.25, 0.3) is 0 Å². The van der Waals surface area contributed by atoms with Gasteiger partial charge in [0.1, 0.15) is 5.75 Å². The quantitative estimate of drug-likeness (QED) is 0.722. The molecule has 1 aromatic carbocycles. The first-order chi connectivity index (χ1) is 13.1. The van der Waals surface area contributed by atoms with Crippen LogP contribution in [-0.2, 0) is 14.9 Å². The molecule has 0 radical (unpaired) electrons. The van der Waals surface area contributed by atoms with Gasteiger partial charge in [-0.05, 0) is 56.5 Å². The molecule has 5 nitrogen and oxygen atoms in total. The Bertz CT molecular complexity index is 603.